The number of fused-ring (bicyclic) bond motifs is 5. The van der Waals surface area contributed by atoms with E-state index in [0.29, 0.717) is 23.2 Å². The highest BCUT2D eigenvalue weighted by Gasteiger charge is 2.19. The Balaban J connectivity index is 1.22. The lowest BCUT2D eigenvalue weighted by Gasteiger charge is -2.09. The molecule has 0 fully saturated rings. The molecule has 0 spiro atoms. The molecule has 9 aromatic rings. The topological polar surface area (TPSA) is 65.0 Å². The number of para-hydroxylation sites is 3. The second kappa shape index (κ2) is 9.75. The van der Waals surface area contributed by atoms with Crippen LogP contribution in [0.3, 0.4) is 0 Å². The summed E-state index contributed by atoms with van der Waals surface area (Å²) in [4.78, 5) is 14.9. The van der Waals surface area contributed by atoms with Gasteiger partial charge in [0.25, 0.3) is 0 Å². The molecule has 3 heterocycles. The van der Waals surface area contributed by atoms with E-state index in [9.17, 15) is 0 Å². The van der Waals surface area contributed by atoms with Crippen molar-refractivity contribution in [1.82, 2.24) is 15.0 Å². The number of hydrogen-bond donors (Lipinski definition) is 0. The monoisotopic (exact) mass is 565 g/mol. The molecule has 6 aromatic carbocycles. The maximum absolute atomic E-state index is 6.35. The fraction of sp³-hybridized carbons (Fsp3) is 0. The lowest BCUT2D eigenvalue weighted by Crippen LogP contribution is -2.00. The van der Waals surface area contributed by atoms with E-state index in [-0.39, 0.29) is 0 Å². The van der Waals surface area contributed by atoms with Crippen LogP contribution in [0.25, 0.3) is 89.2 Å². The summed E-state index contributed by atoms with van der Waals surface area (Å²) >= 11 is 0. The predicted octanol–water partition coefficient (Wildman–Crippen LogP) is 10.3. The van der Waals surface area contributed by atoms with Crippen LogP contribution in [-0.4, -0.2) is 15.0 Å². The van der Waals surface area contributed by atoms with Gasteiger partial charge in [-0.3, -0.25) is 0 Å². The van der Waals surface area contributed by atoms with E-state index in [1.807, 2.05) is 60.7 Å². The summed E-state index contributed by atoms with van der Waals surface area (Å²) in [6.45, 7) is 0. The van der Waals surface area contributed by atoms with Crippen molar-refractivity contribution in [2.45, 2.75) is 0 Å². The van der Waals surface area contributed by atoms with Crippen molar-refractivity contribution in [2.24, 2.45) is 0 Å². The van der Waals surface area contributed by atoms with Crippen LogP contribution in [-0.2, 0) is 0 Å². The van der Waals surface area contributed by atoms with Crippen LogP contribution >= 0.6 is 0 Å². The Bertz CT molecular complexity index is 2470. The first kappa shape index (κ1) is 24.5. The molecule has 0 unspecified atom stereocenters. The number of hydrogen-bond acceptors (Lipinski definition) is 5. The van der Waals surface area contributed by atoms with E-state index < -0.39 is 0 Å². The third-order valence-electron chi connectivity index (χ3n) is 8.17. The van der Waals surface area contributed by atoms with Crippen LogP contribution in [0, 0.1) is 0 Å². The van der Waals surface area contributed by atoms with Crippen LogP contribution in [0.1, 0.15) is 0 Å². The van der Waals surface area contributed by atoms with Gasteiger partial charge in [0, 0.05) is 21.7 Å². The van der Waals surface area contributed by atoms with Crippen molar-refractivity contribution in [3.63, 3.8) is 0 Å². The van der Waals surface area contributed by atoms with E-state index >= 15 is 0 Å². The van der Waals surface area contributed by atoms with Gasteiger partial charge >= 0.3 is 0 Å². The van der Waals surface area contributed by atoms with Crippen LogP contribution < -0.4 is 0 Å². The number of rotatable bonds is 4. The van der Waals surface area contributed by atoms with Gasteiger partial charge in [0.05, 0.1) is 5.56 Å². The number of nitrogens with zero attached hydrogens (tertiary/aromatic N) is 3. The SMILES string of the molecule is c1ccc2oc(-c3nc(-c4ccc(-c5cccc6ccccc56)cc4)nc(-c4cccc5c4oc4ccccc45)n3)cc2c1. The molecule has 0 aliphatic rings. The average Bonchev–Trinajstić information content (AvgIpc) is 3.70. The Morgan fingerprint density at radius 2 is 1.00 bits per heavy atom. The zero-order valence-electron chi connectivity index (χ0n) is 23.4. The third-order valence-corrected chi connectivity index (χ3v) is 8.17. The van der Waals surface area contributed by atoms with E-state index in [2.05, 4.69) is 78.9 Å². The molecule has 5 heteroatoms. The molecule has 206 valence electrons. The maximum atomic E-state index is 6.35. The van der Waals surface area contributed by atoms with Gasteiger partial charge in [-0.1, -0.05) is 115 Å². The number of furan rings is 2. The van der Waals surface area contributed by atoms with Gasteiger partial charge in [-0.05, 0) is 46.2 Å². The highest BCUT2D eigenvalue weighted by molar-refractivity contribution is 6.09. The maximum Gasteiger partial charge on any atom is 0.199 e. The van der Waals surface area contributed by atoms with Crippen LogP contribution in [0.2, 0.25) is 0 Å². The second-order valence-electron chi connectivity index (χ2n) is 10.8. The van der Waals surface area contributed by atoms with E-state index in [4.69, 9.17) is 23.8 Å². The van der Waals surface area contributed by atoms with Crippen molar-refractivity contribution in [2.75, 3.05) is 0 Å². The van der Waals surface area contributed by atoms with Gasteiger partial charge in [-0.25, -0.2) is 15.0 Å². The molecule has 0 aliphatic carbocycles. The molecule has 44 heavy (non-hydrogen) atoms. The Kier molecular flexibility index (Phi) is 5.43. The molecule has 0 aliphatic heterocycles. The average molecular weight is 566 g/mol. The summed E-state index contributed by atoms with van der Waals surface area (Å²) in [5, 5.41) is 5.50. The highest BCUT2D eigenvalue weighted by atomic mass is 16.3. The Labute approximate surface area is 252 Å². The summed E-state index contributed by atoms with van der Waals surface area (Å²) in [6.07, 6.45) is 0. The zero-order valence-corrected chi connectivity index (χ0v) is 23.4. The van der Waals surface area contributed by atoms with Crippen LogP contribution in [0.5, 0.6) is 0 Å². The van der Waals surface area contributed by atoms with Crippen molar-refractivity contribution >= 4 is 43.7 Å². The lowest BCUT2D eigenvalue weighted by molar-refractivity contribution is 0.624. The van der Waals surface area contributed by atoms with Gasteiger partial charge in [-0.2, -0.15) is 0 Å². The first-order valence-corrected chi connectivity index (χ1v) is 14.5. The Hall–Kier alpha value is -6.07. The van der Waals surface area contributed by atoms with Crippen molar-refractivity contribution in [3.05, 3.63) is 140 Å². The summed E-state index contributed by atoms with van der Waals surface area (Å²) < 4.78 is 12.6. The quantitative estimate of drug-likeness (QED) is 0.212. The highest BCUT2D eigenvalue weighted by Crippen LogP contribution is 2.37. The summed E-state index contributed by atoms with van der Waals surface area (Å²) in [5.41, 5.74) is 6.34. The fourth-order valence-electron chi connectivity index (χ4n) is 6.03. The molecule has 0 radical (unpaired) electrons. The first-order chi connectivity index (χ1) is 21.8. The molecule has 3 aromatic heterocycles. The van der Waals surface area contributed by atoms with Gasteiger partial charge in [-0.15, -0.1) is 0 Å². The van der Waals surface area contributed by atoms with Gasteiger partial charge in [0.2, 0.25) is 0 Å². The molecule has 0 bridgehead atoms. The van der Waals surface area contributed by atoms with E-state index in [0.717, 1.165) is 49.6 Å². The molecular weight excluding hydrogens is 542 g/mol. The van der Waals surface area contributed by atoms with Crippen LogP contribution in [0.15, 0.2) is 148 Å². The van der Waals surface area contributed by atoms with Gasteiger partial charge < -0.3 is 8.83 Å². The normalized spacial score (nSPS) is 11.6. The molecule has 0 atom stereocenters. The van der Waals surface area contributed by atoms with Gasteiger partial charge in [0.1, 0.15) is 16.7 Å². The molecule has 9 rings (SSSR count). The minimum Gasteiger partial charge on any atom is -0.455 e. The zero-order chi connectivity index (χ0) is 29.0. The molecular formula is C39H23N3O2. The van der Waals surface area contributed by atoms with Crippen molar-refractivity contribution < 1.29 is 8.83 Å². The third kappa shape index (κ3) is 3.98. The molecule has 0 amide bonds. The van der Waals surface area contributed by atoms with Crippen molar-refractivity contribution in [1.29, 1.82) is 0 Å². The summed E-state index contributed by atoms with van der Waals surface area (Å²) in [7, 11) is 0. The number of aromatic nitrogens is 3. The smallest absolute Gasteiger partial charge is 0.199 e. The summed E-state index contributed by atoms with van der Waals surface area (Å²) in [6, 6.07) is 47.3. The van der Waals surface area contributed by atoms with Crippen LogP contribution in [0.4, 0.5) is 0 Å². The van der Waals surface area contributed by atoms with Crippen molar-refractivity contribution in [3.8, 4) is 45.5 Å². The largest absolute Gasteiger partial charge is 0.455 e. The summed E-state index contributed by atoms with van der Waals surface area (Å²) in [5.74, 6) is 2.13. The lowest BCUT2D eigenvalue weighted by atomic mass is 9.97. The van der Waals surface area contributed by atoms with E-state index in [1.165, 1.54) is 16.3 Å². The Morgan fingerprint density at radius 3 is 1.86 bits per heavy atom. The van der Waals surface area contributed by atoms with E-state index in [1.54, 1.807) is 0 Å². The molecule has 5 nitrogen and oxygen atoms in total. The second-order valence-corrected chi connectivity index (χ2v) is 10.8. The minimum atomic E-state index is 0.465. The molecule has 0 saturated heterocycles. The fourth-order valence-corrected chi connectivity index (χ4v) is 6.03. The molecule has 0 saturated carbocycles. The Morgan fingerprint density at radius 1 is 0.386 bits per heavy atom. The predicted molar refractivity (Wildman–Crippen MR) is 176 cm³/mol. The van der Waals surface area contributed by atoms with Gasteiger partial charge in [0.15, 0.2) is 23.2 Å². The number of benzene rings is 6. The minimum absolute atomic E-state index is 0.465. The molecule has 0 N–H and O–H groups in total. The standard InChI is InChI=1S/C39H23N3O2/c1-3-12-28-24(9-1)11-7-14-29(28)25-19-21-26(22-20-25)37-40-38(42-39(41-37)35-23-27-10-2-5-17-33(27)43-35)32-16-8-15-31-30-13-4-6-18-34(30)44-36(31)32/h1-23H. The first-order valence-electron chi connectivity index (χ1n) is 14.5.